The Bertz CT molecular complexity index is 990. The monoisotopic (exact) mass is 396 g/mol. The predicted molar refractivity (Wildman–Crippen MR) is 111 cm³/mol. The molecule has 0 atom stereocenters. The van der Waals surface area contributed by atoms with Crippen molar-refractivity contribution in [1.82, 2.24) is 9.97 Å². The molecule has 0 aliphatic carbocycles. The Morgan fingerprint density at radius 2 is 1.82 bits per heavy atom. The molecule has 1 heterocycles. The molecule has 0 amide bonds. The van der Waals surface area contributed by atoms with Crippen LogP contribution in [0.5, 0.6) is 0 Å². The first-order valence-electron chi connectivity index (χ1n) is 8.74. The third kappa shape index (κ3) is 4.98. The van der Waals surface area contributed by atoms with E-state index >= 15 is 0 Å². The van der Waals surface area contributed by atoms with Crippen LogP contribution in [0, 0.1) is 13.8 Å². The number of hydrogen-bond donors (Lipinski definition) is 2. The van der Waals surface area contributed by atoms with E-state index in [4.69, 9.17) is 16.3 Å². The fourth-order valence-electron chi connectivity index (χ4n) is 2.60. The van der Waals surface area contributed by atoms with Crippen molar-refractivity contribution in [3.05, 3.63) is 75.9 Å². The molecular formula is C21H21ClN4O2. The minimum atomic E-state index is -0.440. The van der Waals surface area contributed by atoms with E-state index in [1.165, 1.54) is 12.7 Å². The first-order chi connectivity index (χ1) is 13.4. The average Bonchev–Trinajstić information content (AvgIpc) is 2.68. The van der Waals surface area contributed by atoms with Crippen molar-refractivity contribution in [2.75, 3.05) is 17.7 Å². The molecule has 0 saturated carbocycles. The van der Waals surface area contributed by atoms with Gasteiger partial charge in [0.2, 0.25) is 5.95 Å². The number of carbonyl (C=O) groups excluding carboxylic acids is 1. The fraction of sp³-hybridized carbons (Fsp3) is 0.190. The number of benzene rings is 2. The van der Waals surface area contributed by atoms with Crippen molar-refractivity contribution < 1.29 is 9.53 Å². The molecule has 0 aliphatic heterocycles. The number of halogens is 1. The van der Waals surface area contributed by atoms with Crippen molar-refractivity contribution in [1.29, 1.82) is 0 Å². The lowest BCUT2D eigenvalue weighted by Gasteiger charge is -2.12. The highest BCUT2D eigenvalue weighted by molar-refractivity contribution is 6.33. The molecule has 2 aromatic carbocycles. The summed E-state index contributed by atoms with van der Waals surface area (Å²) < 4.78 is 4.75. The van der Waals surface area contributed by atoms with Gasteiger partial charge in [-0.1, -0.05) is 41.4 Å². The van der Waals surface area contributed by atoms with Gasteiger partial charge < -0.3 is 15.4 Å². The number of anilines is 3. The SMILES string of the molecule is COC(=O)c1ccc(Cl)c(Nc2nc(C)cc(NCc3ccc(C)cc3)n2)c1. The molecule has 3 rings (SSSR count). The van der Waals surface area contributed by atoms with Crippen molar-refractivity contribution in [2.24, 2.45) is 0 Å². The molecule has 7 heteroatoms. The van der Waals surface area contributed by atoms with E-state index in [-0.39, 0.29) is 0 Å². The van der Waals surface area contributed by atoms with Gasteiger partial charge in [0.05, 0.1) is 23.4 Å². The van der Waals surface area contributed by atoms with E-state index in [1.807, 2.05) is 13.0 Å². The lowest BCUT2D eigenvalue weighted by molar-refractivity contribution is 0.0601. The average molecular weight is 397 g/mol. The van der Waals surface area contributed by atoms with E-state index in [0.717, 1.165) is 11.3 Å². The minimum Gasteiger partial charge on any atom is -0.465 e. The highest BCUT2D eigenvalue weighted by atomic mass is 35.5. The van der Waals surface area contributed by atoms with Crippen LogP contribution in [0.3, 0.4) is 0 Å². The van der Waals surface area contributed by atoms with Crippen LogP contribution in [0.1, 0.15) is 27.2 Å². The summed E-state index contributed by atoms with van der Waals surface area (Å²) in [7, 11) is 1.33. The van der Waals surface area contributed by atoms with Gasteiger partial charge in [-0.05, 0) is 37.6 Å². The largest absolute Gasteiger partial charge is 0.465 e. The maximum Gasteiger partial charge on any atom is 0.337 e. The third-order valence-electron chi connectivity index (χ3n) is 4.08. The van der Waals surface area contributed by atoms with Crippen LogP contribution in [0.25, 0.3) is 0 Å². The normalized spacial score (nSPS) is 10.4. The zero-order valence-corrected chi connectivity index (χ0v) is 16.7. The van der Waals surface area contributed by atoms with E-state index in [9.17, 15) is 4.79 Å². The van der Waals surface area contributed by atoms with Crippen LogP contribution < -0.4 is 10.6 Å². The Labute approximate surface area is 168 Å². The lowest BCUT2D eigenvalue weighted by atomic mass is 10.1. The Morgan fingerprint density at radius 3 is 2.54 bits per heavy atom. The number of rotatable bonds is 6. The van der Waals surface area contributed by atoms with Gasteiger partial charge in [0, 0.05) is 18.3 Å². The molecule has 0 radical (unpaired) electrons. The summed E-state index contributed by atoms with van der Waals surface area (Å²) in [4.78, 5) is 20.6. The molecule has 28 heavy (non-hydrogen) atoms. The van der Waals surface area contributed by atoms with Crippen LogP contribution >= 0.6 is 11.6 Å². The zero-order valence-electron chi connectivity index (χ0n) is 15.9. The zero-order chi connectivity index (χ0) is 20.1. The standard InChI is InChI=1S/C21H21ClN4O2/c1-13-4-6-15(7-5-13)12-23-19-10-14(2)24-21(26-19)25-18-11-16(20(27)28-3)8-9-17(18)22/h4-11H,12H2,1-3H3,(H2,23,24,25,26). The summed E-state index contributed by atoms with van der Waals surface area (Å²) in [6.45, 7) is 4.59. The van der Waals surface area contributed by atoms with Crippen molar-refractivity contribution in [3.63, 3.8) is 0 Å². The number of methoxy groups -OCH3 is 1. The topological polar surface area (TPSA) is 76.1 Å². The number of carbonyl (C=O) groups is 1. The number of aromatic nitrogens is 2. The van der Waals surface area contributed by atoms with Gasteiger partial charge >= 0.3 is 5.97 Å². The van der Waals surface area contributed by atoms with Crippen molar-refractivity contribution in [2.45, 2.75) is 20.4 Å². The summed E-state index contributed by atoms with van der Waals surface area (Å²) >= 11 is 6.24. The molecule has 0 unspecified atom stereocenters. The first kappa shape index (κ1) is 19.6. The van der Waals surface area contributed by atoms with Crippen molar-refractivity contribution in [3.8, 4) is 0 Å². The van der Waals surface area contributed by atoms with Gasteiger partial charge in [0.15, 0.2) is 0 Å². The molecule has 0 saturated heterocycles. The quantitative estimate of drug-likeness (QED) is 0.578. The summed E-state index contributed by atoms with van der Waals surface area (Å²) in [5, 5.41) is 6.83. The molecule has 144 valence electrons. The minimum absolute atomic E-state index is 0.385. The van der Waals surface area contributed by atoms with Crippen LogP contribution in [0.2, 0.25) is 5.02 Å². The number of ether oxygens (including phenoxy) is 1. The summed E-state index contributed by atoms with van der Waals surface area (Å²) in [5.41, 5.74) is 4.09. The maximum atomic E-state index is 11.7. The van der Waals surface area contributed by atoms with Gasteiger partial charge in [-0.15, -0.1) is 0 Å². The van der Waals surface area contributed by atoms with Crippen LogP contribution in [-0.4, -0.2) is 23.0 Å². The number of nitrogens with one attached hydrogen (secondary N) is 2. The highest BCUT2D eigenvalue weighted by Gasteiger charge is 2.11. The predicted octanol–water partition coefficient (Wildman–Crippen LogP) is 4.89. The second kappa shape index (κ2) is 8.71. The van der Waals surface area contributed by atoms with Gasteiger partial charge in [-0.3, -0.25) is 0 Å². The molecule has 6 nitrogen and oxygen atoms in total. The molecule has 3 aromatic rings. The molecule has 2 N–H and O–H groups in total. The molecule has 0 aliphatic rings. The van der Waals surface area contributed by atoms with E-state index in [1.54, 1.807) is 18.2 Å². The Balaban J connectivity index is 1.78. The van der Waals surface area contributed by atoms with Gasteiger partial charge in [-0.25, -0.2) is 9.78 Å². The summed E-state index contributed by atoms with van der Waals surface area (Å²) in [6, 6.07) is 15.0. The van der Waals surface area contributed by atoms with Gasteiger partial charge in [-0.2, -0.15) is 4.98 Å². The lowest BCUT2D eigenvalue weighted by Crippen LogP contribution is -2.07. The van der Waals surface area contributed by atoms with Gasteiger partial charge in [0.1, 0.15) is 5.82 Å². The van der Waals surface area contributed by atoms with E-state index < -0.39 is 5.97 Å². The first-order valence-corrected chi connectivity index (χ1v) is 9.12. The molecule has 0 fully saturated rings. The number of nitrogens with zero attached hydrogens (tertiary/aromatic N) is 2. The maximum absolute atomic E-state index is 11.7. The summed E-state index contributed by atoms with van der Waals surface area (Å²) in [5.74, 6) is 0.636. The van der Waals surface area contributed by atoms with Crippen LogP contribution in [0.4, 0.5) is 17.5 Å². The Kier molecular flexibility index (Phi) is 6.11. The van der Waals surface area contributed by atoms with Gasteiger partial charge in [0.25, 0.3) is 0 Å². The number of hydrogen-bond acceptors (Lipinski definition) is 6. The fourth-order valence-corrected chi connectivity index (χ4v) is 2.76. The Hall–Kier alpha value is -3.12. The second-order valence-electron chi connectivity index (χ2n) is 6.37. The summed E-state index contributed by atoms with van der Waals surface area (Å²) in [6.07, 6.45) is 0. The number of aryl methyl sites for hydroxylation is 2. The third-order valence-corrected chi connectivity index (χ3v) is 4.41. The highest BCUT2D eigenvalue weighted by Crippen LogP contribution is 2.26. The van der Waals surface area contributed by atoms with E-state index in [2.05, 4.69) is 51.8 Å². The van der Waals surface area contributed by atoms with Crippen LogP contribution in [0.15, 0.2) is 48.5 Å². The molecule has 0 bridgehead atoms. The van der Waals surface area contributed by atoms with Crippen molar-refractivity contribution >= 4 is 35.0 Å². The smallest absolute Gasteiger partial charge is 0.337 e. The number of esters is 1. The second-order valence-corrected chi connectivity index (χ2v) is 6.78. The molecule has 1 aromatic heterocycles. The van der Waals surface area contributed by atoms with E-state index in [0.29, 0.717) is 34.6 Å². The molecular weight excluding hydrogens is 376 g/mol. The Morgan fingerprint density at radius 1 is 1.07 bits per heavy atom. The molecule has 0 spiro atoms. The van der Waals surface area contributed by atoms with Crippen LogP contribution in [-0.2, 0) is 11.3 Å².